The van der Waals surface area contributed by atoms with Crippen LogP contribution in [0.1, 0.15) is 10.4 Å². The second-order valence-corrected chi connectivity index (χ2v) is 5.82. The molecule has 0 atom stereocenters. The van der Waals surface area contributed by atoms with Gasteiger partial charge in [0.2, 0.25) is 0 Å². The lowest BCUT2D eigenvalue weighted by atomic mass is 10.2. The number of halogens is 2. The van der Waals surface area contributed by atoms with Crippen LogP contribution in [0.4, 0.5) is 11.4 Å². The molecule has 1 N–H and O–H groups in total. The second-order valence-electron chi connectivity index (χ2n) is 5.01. The predicted octanol–water partition coefficient (Wildman–Crippen LogP) is 3.60. The summed E-state index contributed by atoms with van der Waals surface area (Å²) in [6, 6.07) is 9.74. The minimum absolute atomic E-state index is 0.0124. The third kappa shape index (κ3) is 3.11. The minimum Gasteiger partial charge on any atom is -0.482 e. The van der Waals surface area contributed by atoms with Gasteiger partial charge in [-0.1, -0.05) is 23.2 Å². The molecule has 2 aromatic rings. The molecule has 2 aromatic carbocycles. The van der Waals surface area contributed by atoms with Gasteiger partial charge in [-0.3, -0.25) is 9.59 Å². The number of ether oxygens (including phenoxy) is 1. The average Bonchev–Trinajstić information content (AvgIpc) is 2.54. The van der Waals surface area contributed by atoms with Crippen LogP contribution in [0.3, 0.4) is 0 Å². The molecule has 5 nitrogen and oxygen atoms in total. The van der Waals surface area contributed by atoms with Gasteiger partial charge in [-0.25, -0.2) is 0 Å². The van der Waals surface area contributed by atoms with E-state index in [0.29, 0.717) is 32.7 Å². The van der Waals surface area contributed by atoms with Gasteiger partial charge in [0.1, 0.15) is 5.75 Å². The van der Waals surface area contributed by atoms with Gasteiger partial charge in [0.15, 0.2) is 6.61 Å². The first kappa shape index (κ1) is 15.6. The van der Waals surface area contributed by atoms with Crippen LogP contribution in [0.15, 0.2) is 36.4 Å². The van der Waals surface area contributed by atoms with E-state index in [4.69, 9.17) is 27.9 Å². The number of amides is 2. The van der Waals surface area contributed by atoms with Crippen molar-refractivity contribution in [1.82, 2.24) is 0 Å². The second kappa shape index (κ2) is 6.10. The van der Waals surface area contributed by atoms with E-state index in [1.165, 1.54) is 11.0 Å². The molecule has 1 aliphatic rings. The lowest BCUT2D eigenvalue weighted by molar-refractivity contribution is -0.120. The molecule has 0 radical (unpaired) electrons. The largest absolute Gasteiger partial charge is 0.482 e. The number of anilines is 2. The minimum atomic E-state index is -0.325. The number of carbonyl (C=O) groups is 2. The topological polar surface area (TPSA) is 58.6 Å². The molecule has 2 amide bonds. The number of hydrogen-bond acceptors (Lipinski definition) is 3. The number of rotatable bonds is 2. The molecule has 23 heavy (non-hydrogen) atoms. The van der Waals surface area contributed by atoms with E-state index in [-0.39, 0.29) is 18.4 Å². The molecule has 7 heteroatoms. The van der Waals surface area contributed by atoms with Crippen LogP contribution in [0, 0.1) is 0 Å². The van der Waals surface area contributed by atoms with Crippen molar-refractivity contribution in [3.05, 3.63) is 52.0 Å². The summed E-state index contributed by atoms with van der Waals surface area (Å²) >= 11 is 11.8. The molecule has 1 heterocycles. The number of carbonyl (C=O) groups excluding carboxylic acids is 2. The fraction of sp³-hybridized carbons (Fsp3) is 0.125. The highest BCUT2D eigenvalue weighted by Crippen LogP contribution is 2.33. The summed E-state index contributed by atoms with van der Waals surface area (Å²) in [7, 11) is 1.66. The monoisotopic (exact) mass is 350 g/mol. The van der Waals surface area contributed by atoms with Gasteiger partial charge in [0.05, 0.1) is 15.7 Å². The van der Waals surface area contributed by atoms with E-state index in [1.807, 2.05) is 0 Å². The van der Waals surface area contributed by atoms with E-state index in [0.717, 1.165) is 0 Å². The van der Waals surface area contributed by atoms with E-state index in [9.17, 15) is 9.59 Å². The molecule has 0 bridgehead atoms. The van der Waals surface area contributed by atoms with Gasteiger partial charge in [-0.15, -0.1) is 0 Å². The number of fused-ring (bicyclic) bond motifs is 1. The maximum absolute atomic E-state index is 12.3. The third-order valence-electron chi connectivity index (χ3n) is 3.49. The lowest BCUT2D eigenvalue weighted by Crippen LogP contribution is -2.35. The Morgan fingerprint density at radius 3 is 2.70 bits per heavy atom. The molecule has 0 unspecified atom stereocenters. The summed E-state index contributed by atoms with van der Waals surface area (Å²) in [6.45, 7) is 0.0124. The number of nitrogens with zero attached hydrogens (tertiary/aromatic N) is 1. The highest BCUT2D eigenvalue weighted by atomic mass is 35.5. The Kier molecular flexibility index (Phi) is 4.15. The first-order valence-corrected chi connectivity index (χ1v) is 7.51. The molecular formula is C16H12Cl2N2O3. The van der Waals surface area contributed by atoms with Crippen LogP contribution < -0.4 is 15.0 Å². The Hall–Kier alpha value is -2.24. The van der Waals surface area contributed by atoms with Crippen LogP contribution in [0.25, 0.3) is 0 Å². The number of nitrogens with one attached hydrogen (secondary N) is 1. The van der Waals surface area contributed by atoms with Crippen LogP contribution >= 0.6 is 23.2 Å². The van der Waals surface area contributed by atoms with Crippen molar-refractivity contribution in [2.24, 2.45) is 0 Å². The molecule has 0 aliphatic carbocycles. The predicted molar refractivity (Wildman–Crippen MR) is 89.8 cm³/mol. The maximum atomic E-state index is 12.3. The molecule has 1 aliphatic heterocycles. The van der Waals surface area contributed by atoms with Crippen molar-refractivity contribution >= 4 is 46.4 Å². The van der Waals surface area contributed by atoms with Gasteiger partial charge in [-0.2, -0.15) is 0 Å². The van der Waals surface area contributed by atoms with Gasteiger partial charge in [0, 0.05) is 18.3 Å². The SMILES string of the molecule is CN1C(=O)COc2ccc(NC(=O)c3ccc(Cl)c(Cl)c3)cc21. The van der Waals surface area contributed by atoms with Gasteiger partial charge >= 0.3 is 0 Å². The Labute approximate surface area is 142 Å². The van der Waals surface area contributed by atoms with Crippen molar-refractivity contribution in [3.63, 3.8) is 0 Å². The smallest absolute Gasteiger partial charge is 0.264 e. The van der Waals surface area contributed by atoms with E-state index >= 15 is 0 Å². The summed E-state index contributed by atoms with van der Waals surface area (Å²) in [4.78, 5) is 25.4. The normalized spacial score (nSPS) is 13.3. The van der Waals surface area contributed by atoms with Crippen LogP contribution in [-0.2, 0) is 4.79 Å². The zero-order valence-electron chi connectivity index (χ0n) is 12.1. The Bertz CT molecular complexity index is 808. The van der Waals surface area contributed by atoms with Gasteiger partial charge in [-0.05, 0) is 36.4 Å². The standard InChI is InChI=1S/C16H12Cl2N2O3/c1-20-13-7-10(3-5-14(13)23-8-15(20)21)19-16(22)9-2-4-11(17)12(18)6-9/h2-7H,8H2,1H3,(H,19,22). The molecule has 118 valence electrons. The van der Waals surface area contributed by atoms with E-state index < -0.39 is 0 Å². The molecule has 0 spiro atoms. The maximum Gasteiger partial charge on any atom is 0.264 e. The third-order valence-corrected chi connectivity index (χ3v) is 4.22. The van der Waals surface area contributed by atoms with Crippen molar-refractivity contribution in [2.45, 2.75) is 0 Å². The highest BCUT2D eigenvalue weighted by molar-refractivity contribution is 6.42. The van der Waals surface area contributed by atoms with Crippen LogP contribution in [0.2, 0.25) is 10.0 Å². The Balaban J connectivity index is 1.84. The molecule has 0 saturated heterocycles. The number of benzene rings is 2. The lowest BCUT2D eigenvalue weighted by Gasteiger charge is -2.26. The quantitative estimate of drug-likeness (QED) is 0.899. The summed E-state index contributed by atoms with van der Waals surface area (Å²) in [6.07, 6.45) is 0. The van der Waals surface area contributed by atoms with Gasteiger partial charge < -0.3 is 15.0 Å². The zero-order chi connectivity index (χ0) is 16.6. The first-order chi connectivity index (χ1) is 11.0. The Morgan fingerprint density at radius 1 is 1.17 bits per heavy atom. The van der Waals surface area contributed by atoms with Gasteiger partial charge in [0.25, 0.3) is 11.8 Å². The van der Waals surface area contributed by atoms with Crippen LogP contribution in [0.5, 0.6) is 5.75 Å². The highest BCUT2D eigenvalue weighted by Gasteiger charge is 2.22. The van der Waals surface area contributed by atoms with Crippen molar-refractivity contribution < 1.29 is 14.3 Å². The van der Waals surface area contributed by atoms with E-state index in [2.05, 4.69) is 5.32 Å². The molecule has 0 aromatic heterocycles. The van der Waals surface area contributed by atoms with Crippen molar-refractivity contribution in [2.75, 3.05) is 23.9 Å². The summed E-state index contributed by atoms with van der Waals surface area (Å²) in [5.41, 5.74) is 1.54. The molecular weight excluding hydrogens is 339 g/mol. The average molecular weight is 351 g/mol. The number of likely N-dealkylation sites (N-methyl/N-ethyl adjacent to an activating group) is 1. The summed E-state index contributed by atoms with van der Waals surface area (Å²) in [5.74, 6) is 0.124. The molecule has 0 saturated carbocycles. The first-order valence-electron chi connectivity index (χ1n) is 6.75. The van der Waals surface area contributed by atoms with Crippen LogP contribution in [-0.4, -0.2) is 25.5 Å². The fourth-order valence-corrected chi connectivity index (χ4v) is 2.49. The molecule has 3 rings (SSSR count). The summed E-state index contributed by atoms with van der Waals surface area (Å²) < 4.78 is 5.34. The van der Waals surface area contributed by atoms with Crippen molar-refractivity contribution in [3.8, 4) is 5.75 Å². The number of hydrogen-bond donors (Lipinski definition) is 1. The van der Waals surface area contributed by atoms with Crippen molar-refractivity contribution in [1.29, 1.82) is 0 Å². The zero-order valence-corrected chi connectivity index (χ0v) is 13.6. The molecule has 0 fully saturated rings. The fourth-order valence-electron chi connectivity index (χ4n) is 2.19. The van der Waals surface area contributed by atoms with E-state index in [1.54, 1.807) is 37.4 Å². The summed E-state index contributed by atoms with van der Waals surface area (Å²) in [5, 5.41) is 3.45. The Morgan fingerprint density at radius 2 is 1.96 bits per heavy atom.